The summed E-state index contributed by atoms with van der Waals surface area (Å²) in [5.74, 6) is -0.481. The molecule has 1 aliphatic rings. The molecular weight excluding hydrogens is 274 g/mol. The molecule has 112 valence electrons. The second-order valence-corrected chi connectivity index (χ2v) is 4.96. The lowest BCUT2D eigenvalue weighted by molar-refractivity contribution is -0.911. The molecule has 0 aliphatic carbocycles. The Bertz CT molecular complexity index is 566. The number of nitro groups is 1. The van der Waals surface area contributed by atoms with Crippen molar-refractivity contribution >= 4 is 23.2 Å². The predicted octanol–water partition coefficient (Wildman–Crippen LogP) is 0.151. The Labute approximate surface area is 122 Å². The number of likely N-dealkylation sites (N-methyl/N-ethyl adjacent to an activating group) is 1. The molecule has 1 atom stereocenters. The number of rotatable bonds is 5. The van der Waals surface area contributed by atoms with Crippen LogP contribution in [0, 0.1) is 10.1 Å². The first-order valence-corrected chi connectivity index (χ1v) is 6.95. The highest BCUT2D eigenvalue weighted by molar-refractivity contribution is 6.21. The van der Waals surface area contributed by atoms with Gasteiger partial charge in [0.05, 0.1) is 30.1 Å². The summed E-state index contributed by atoms with van der Waals surface area (Å²) < 4.78 is 0. The Morgan fingerprint density at radius 2 is 1.81 bits per heavy atom. The van der Waals surface area contributed by atoms with E-state index in [-0.39, 0.29) is 30.0 Å². The molecule has 1 heterocycles. The molecule has 0 bridgehead atoms. The lowest BCUT2D eigenvalue weighted by Gasteiger charge is -2.21. The van der Waals surface area contributed by atoms with Gasteiger partial charge in [-0.05, 0) is 26.0 Å². The highest BCUT2D eigenvalue weighted by Crippen LogP contribution is 2.24. The van der Waals surface area contributed by atoms with Crippen LogP contribution in [0.5, 0.6) is 0 Å². The normalized spacial score (nSPS) is 18.6. The van der Waals surface area contributed by atoms with Gasteiger partial charge in [0.15, 0.2) is 6.04 Å². The quantitative estimate of drug-likeness (QED) is 0.475. The maximum absolute atomic E-state index is 12.4. The van der Waals surface area contributed by atoms with E-state index in [9.17, 15) is 19.7 Å². The molecule has 1 aliphatic heterocycles. The molecule has 2 rings (SSSR count). The molecule has 7 nitrogen and oxygen atoms in total. The van der Waals surface area contributed by atoms with Gasteiger partial charge >= 0.3 is 0 Å². The van der Waals surface area contributed by atoms with Crippen LogP contribution in [0.3, 0.4) is 0 Å². The van der Waals surface area contributed by atoms with E-state index in [1.54, 1.807) is 0 Å². The summed E-state index contributed by atoms with van der Waals surface area (Å²) in [4.78, 5) is 36.9. The van der Waals surface area contributed by atoms with Gasteiger partial charge in [-0.1, -0.05) is 0 Å². The van der Waals surface area contributed by atoms with Crippen LogP contribution in [0.4, 0.5) is 11.4 Å². The Hall–Kier alpha value is -2.28. The molecule has 2 amide bonds. The van der Waals surface area contributed by atoms with Crippen molar-refractivity contribution in [3.05, 3.63) is 34.4 Å². The molecule has 1 saturated heterocycles. The fraction of sp³-hybridized carbons (Fsp3) is 0.429. The maximum Gasteiger partial charge on any atom is 0.292 e. The molecule has 21 heavy (non-hydrogen) atoms. The summed E-state index contributed by atoms with van der Waals surface area (Å²) in [6, 6.07) is 5.12. The Morgan fingerprint density at radius 1 is 1.24 bits per heavy atom. The van der Waals surface area contributed by atoms with E-state index in [4.69, 9.17) is 0 Å². The Kier molecular flexibility index (Phi) is 4.32. The summed E-state index contributed by atoms with van der Waals surface area (Å²) in [6.45, 7) is 5.50. The van der Waals surface area contributed by atoms with E-state index in [0.29, 0.717) is 5.69 Å². The van der Waals surface area contributed by atoms with Crippen LogP contribution in [0.25, 0.3) is 0 Å². The SMILES string of the molecule is CC[NH+](CC)[C@H]1CC(=O)N(c2ccc([N+](=O)[O-])cc2)C1=O. The Morgan fingerprint density at radius 3 is 2.29 bits per heavy atom. The molecule has 0 spiro atoms. The number of nitrogens with one attached hydrogen (secondary N) is 1. The minimum atomic E-state index is -0.514. The van der Waals surface area contributed by atoms with Gasteiger partial charge < -0.3 is 4.90 Å². The van der Waals surface area contributed by atoms with Gasteiger partial charge in [0, 0.05) is 12.1 Å². The summed E-state index contributed by atoms with van der Waals surface area (Å²) in [5, 5.41) is 10.6. The van der Waals surface area contributed by atoms with Gasteiger partial charge in [-0.3, -0.25) is 19.7 Å². The van der Waals surface area contributed by atoms with Crippen LogP contribution >= 0.6 is 0 Å². The third-order valence-corrected chi connectivity index (χ3v) is 3.87. The van der Waals surface area contributed by atoms with Crippen LogP contribution in [-0.4, -0.2) is 35.9 Å². The maximum atomic E-state index is 12.4. The fourth-order valence-electron chi connectivity index (χ4n) is 2.69. The largest absolute Gasteiger partial charge is 0.325 e. The number of anilines is 1. The van der Waals surface area contributed by atoms with Crippen molar-refractivity contribution in [2.75, 3.05) is 18.0 Å². The number of carbonyl (C=O) groups excluding carboxylic acids is 2. The van der Waals surface area contributed by atoms with Gasteiger partial charge in [-0.25, -0.2) is 4.90 Å². The van der Waals surface area contributed by atoms with Crippen molar-refractivity contribution in [1.82, 2.24) is 0 Å². The van der Waals surface area contributed by atoms with Crippen LogP contribution in [0.15, 0.2) is 24.3 Å². The summed E-state index contributed by atoms with van der Waals surface area (Å²) in [5.41, 5.74) is 0.327. The molecule has 0 radical (unpaired) electrons. The number of hydrogen-bond donors (Lipinski definition) is 1. The van der Waals surface area contributed by atoms with E-state index in [1.807, 2.05) is 13.8 Å². The number of quaternary nitrogens is 1. The minimum absolute atomic E-state index is 0.0660. The standard InChI is InChI=1S/C14H17N3O4/c1-3-15(4-2)12-9-13(18)16(14(12)19)10-5-7-11(8-6-10)17(20)21/h5-8,12H,3-4,9H2,1-2H3/p+1/t12-/m0/s1. The van der Waals surface area contributed by atoms with Crippen molar-refractivity contribution in [3.63, 3.8) is 0 Å². The second-order valence-electron chi connectivity index (χ2n) is 4.96. The monoisotopic (exact) mass is 292 g/mol. The zero-order valence-corrected chi connectivity index (χ0v) is 12.0. The smallest absolute Gasteiger partial charge is 0.292 e. The van der Waals surface area contributed by atoms with Crippen LogP contribution < -0.4 is 9.80 Å². The summed E-state index contributed by atoms with van der Waals surface area (Å²) in [6.07, 6.45) is 0.187. The third-order valence-electron chi connectivity index (χ3n) is 3.87. The van der Waals surface area contributed by atoms with Gasteiger partial charge in [0.2, 0.25) is 5.91 Å². The van der Waals surface area contributed by atoms with Crippen molar-refractivity contribution in [2.24, 2.45) is 0 Å². The first-order chi connectivity index (χ1) is 9.99. The molecular formula is C14H18N3O4+. The molecule has 1 N–H and O–H groups in total. The number of amides is 2. The zero-order valence-electron chi connectivity index (χ0n) is 12.0. The number of imide groups is 1. The van der Waals surface area contributed by atoms with Crippen molar-refractivity contribution in [1.29, 1.82) is 0 Å². The first kappa shape index (κ1) is 15.1. The van der Waals surface area contributed by atoms with Crippen LogP contribution in [-0.2, 0) is 9.59 Å². The highest BCUT2D eigenvalue weighted by Gasteiger charge is 2.44. The minimum Gasteiger partial charge on any atom is -0.325 e. The van der Waals surface area contributed by atoms with E-state index in [1.165, 1.54) is 24.3 Å². The van der Waals surface area contributed by atoms with E-state index in [2.05, 4.69) is 0 Å². The second kappa shape index (κ2) is 6.01. The molecule has 0 saturated carbocycles. The van der Waals surface area contributed by atoms with E-state index in [0.717, 1.165) is 22.9 Å². The summed E-state index contributed by atoms with van der Waals surface area (Å²) >= 11 is 0. The predicted molar refractivity (Wildman–Crippen MR) is 76.0 cm³/mol. The lowest BCUT2D eigenvalue weighted by atomic mass is 10.2. The zero-order chi connectivity index (χ0) is 15.6. The van der Waals surface area contributed by atoms with Gasteiger partial charge in [0.1, 0.15) is 0 Å². The van der Waals surface area contributed by atoms with Crippen molar-refractivity contribution in [3.8, 4) is 0 Å². The van der Waals surface area contributed by atoms with Gasteiger partial charge in [-0.2, -0.15) is 0 Å². The van der Waals surface area contributed by atoms with Gasteiger partial charge in [-0.15, -0.1) is 0 Å². The van der Waals surface area contributed by atoms with Crippen LogP contribution in [0.2, 0.25) is 0 Å². The van der Waals surface area contributed by atoms with Crippen LogP contribution in [0.1, 0.15) is 20.3 Å². The number of non-ortho nitro benzene ring substituents is 1. The average molecular weight is 292 g/mol. The molecule has 0 aromatic heterocycles. The first-order valence-electron chi connectivity index (χ1n) is 6.95. The Balaban J connectivity index is 2.25. The molecule has 0 unspecified atom stereocenters. The number of nitro benzene ring substituents is 1. The van der Waals surface area contributed by atoms with E-state index < -0.39 is 4.92 Å². The van der Waals surface area contributed by atoms with Crippen molar-refractivity contribution in [2.45, 2.75) is 26.3 Å². The molecule has 1 aromatic carbocycles. The third kappa shape index (κ3) is 2.78. The fourth-order valence-corrected chi connectivity index (χ4v) is 2.69. The topological polar surface area (TPSA) is 85.0 Å². The highest BCUT2D eigenvalue weighted by atomic mass is 16.6. The summed E-state index contributed by atoms with van der Waals surface area (Å²) in [7, 11) is 0. The lowest BCUT2D eigenvalue weighted by Crippen LogP contribution is -3.16. The number of hydrogen-bond acceptors (Lipinski definition) is 4. The number of carbonyl (C=O) groups is 2. The number of benzene rings is 1. The molecule has 1 aromatic rings. The number of nitrogens with zero attached hydrogens (tertiary/aromatic N) is 2. The molecule has 7 heteroatoms. The van der Waals surface area contributed by atoms with Gasteiger partial charge in [0.25, 0.3) is 11.6 Å². The average Bonchev–Trinajstić information content (AvgIpc) is 2.76. The van der Waals surface area contributed by atoms with Crippen molar-refractivity contribution < 1.29 is 19.4 Å². The molecule has 1 fully saturated rings. The van der Waals surface area contributed by atoms with E-state index >= 15 is 0 Å².